The van der Waals surface area contributed by atoms with Crippen molar-refractivity contribution >= 4 is 0 Å². The first-order valence-electron chi connectivity index (χ1n) is 6.12. The highest BCUT2D eigenvalue weighted by atomic mass is 14.3. The van der Waals surface area contributed by atoms with E-state index in [4.69, 9.17) is 0 Å². The lowest BCUT2D eigenvalue weighted by Crippen LogP contribution is -2.20. The molecule has 0 aromatic rings. The predicted molar refractivity (Wildman–Crippen MR) is 64.3 cm³/mol. The Morgan fingerprint density at radius 2 is 1.00 bits per heavy atom. The Kier molecular flexibility index (Phi) is 3.80. The van der Waals surface area contributed by atoms with Gasteiger partial charge in [0.05, 0.1) is 0 Å². The fourth-order valence-electron chi connectivity index (χ4n) is 2.60. The highest BCUT2D eigenvalue weighted by Crippen LogP contribution is 2.36. The molecule has 0 radical (unpaired) electrons. The summed E-state index contributed by atoms with van der Waals surface area (Å²) in [7, 11) is 0. The van der Waals surface area contributed by atoms with E-state index in [1.807, 2.05) is 0 Å². The second-order valence-corrected chi connectivity index (χ2v) is 5.48. The van der Waals surface area contributed by atoms with Crippen LogP contribution in [0.5, 0.6) is 0 Å². The van der Waals surface area contributed by atoms with Crippen molar-refractivity contribution < 1.29 is 0 Å². The first-order valence-corrected chi connectivity index (χ1v) is 6.12. The summed E-state index contributed by atoms with van der Waals surface area (Å²) in [6.45, 7) is 14.3. The average Bonchev–Trinajstić information content (AvgIpc) is 2.19. The summed E-state index contributed by atoms with van der Waals surface area (Å²) >= 11 is 0. The molecular formula is C14H26. The Hall–Kier alpha value is -0.260. The van der Waals surface area contributed by atoms with Gasteiger partial charge in [-0.25, -0.2) is 0 Å². The maximum Gasteiger partial charge on any atom is -0.0206 e. The summed E-state index contributed by atoms with van der Waals surface area (Å²) in [6.07, 6.45) is 2.80. The van der Waals surface area contributed by atoms with Crippen LogP contribution in [0.1, 0.15) is 54.4 Å². The number of hydrogen-bond acceptors (Lipinski definition) is 0. The molecule has 82 valence electrons. The van der Waals surface area contributed by atoms with Gasteiger partial charge in [-0.05, 0) is 50.4 Å². The topological polar surface area (TPSA) is 0 Å². The molecule has 0 heteroatoms. The molecule has 0 heterocycles. The van der Waals surface area contributed by atoms with Gasteiger partial charge in [0.2, 0.25) is 0 Å². The van der Waals surface area contributed by atoms with Crippen molar-refractivity contribution in [3.05, 3.63) is 11.1 Å². The SMILES string of the molecule is CC1=C(C)C(C)C(C)CCC(C)C1C. The molecule has 14 heavy (non-hydrogen) atoms. The molecule has 0 N–H and O–H groups in total. The maximum absolute atomic E-state index is 2.41. The second kappa shape index (κ2) is 4.51. The highest BCUT2D eigenvalue weighted by Gasteiger charge is 2.24. The van der Waals surface area contributed by atoms with E-state index in [1.165, 1.54) is 12.8 Å². The van der Waals surface area contributed by atoms with E-state index in [0.717, 1.165) is 23.7 Å². The van der Waals surface area contributed by atoms with E-state index in [0.29, 0.717) is 0 Å². The normalized spacial score (nSPS) is 40.7. The molecule has 0 fully saturated rings. The van der Waals surface area contributed by atoms with Crippen LogP contribution in [0.25, 0.3) is 0 Å². The Morgan fingerprint density at radius 1 is 0.714 bits per heavy atom. The van der Waals surface area contributed by atoms with Crippen LogP contribution in [0.2, 0.25) is 0 Å². The molecule has 0 aromatic heterocycles. The van der Waals surface area contributed by atoms with E-state index < -0.39 is 0 Å². The third kappa shape index (κ3) is 2.21. The summed E-state index contributed by atoms with van der Waals surface area (Å²) in [5.41, 5.74) is 3.30. The molecule has 0 nitrogen and oxygen atoms in total. The van der Waals surface area contributed by atoms with Crippen LogP contribution in [-0.2, 0) is 0 Å². The van der Waals surface area contributed by atoms with Crippen molar-refractivity contribution in [1.29, 1.82) is 0 Å². The van der Waals surface area contributed by atoms with Crippen LogP contribution in [0.15, 0.2) is 11.1 Å². The molecule has 1 rings (SSSR count). The van der Waals surface area contributed by atoms with E-state index in [2.05, 4.69) is 41.5 Å². The van der Waals surface area contributed by atoms with Crippen molar-refractivity contribution in [3.8, 4) is 0 Å². The van der Waals surface area contributed by atoms with Crippen molar-refractivity contribution in [2.75, 3.05) is 0 Å². The lowest BCUT2D eigenvalue weighted by molar-refractivity contribution is 0.304. The third-order valence-corrected chi connectivity index (χ3v) is 4.77. The molecule has 4 unspecified atom stereocenters. The van der Waals surface area contributed by atoms with Gasteiger partial charge >= 0.3 is 0 Å². The van der Waals surface area contributed by atoms with E-state index in [1.54, 1.807) is 11.1 Å². The zero-order chi connectivity index (χ0) is 10.9. The fraction of sp³-hybridized carbons (Fsp3) is 0.857. The summed E-state index contributed by atoms with van der Waals surface area (Å²) in [6, 6.07) is 0. The van der Waals surface area contributed by atoms with Gasteiger partial charge in [-0.2, -0.15) is 0 Å². The first-order chi connectivity index (χ1) is 6.45. The second-order valence-electron chi connectivity index (χ2n) is 5.48. The number of rotatable bonds is 0. The molecule has 0 amide bonds. The van der Waals surface area contributed by atoms with E-state index >= 15 is 0 Å². The molecule has 0 aliphatic heterocycles. The third-order valence-electron chi connectivity index (χ3n) is 4.77. The first kappa shape index (κ1) is 11.8. The van der Waals surface area contributed by atoms with Crippen LogP contribution in [0, 0.1) is 23.7 Å². The highest BCUT2D eigenvalue weighted by molar-refractivity contribution is 5.17. The fourth-order valence-corrected chi connectivity index (χ4v) is 2.60. The van der Waals surface area contributed by atoms with Gasteiger partial charge in [0.1, 0.15) is 0 Å². The predicted octanol–water partition coefficient (Wildman–Crippen LogP) is 4.66. The molecule has 0 saturated carbocycles. The van der Waals surface area contributed by atoms with Crippen LogP contribution in [0.4, 0.5) is 0 Å². The van der Waals surface area contributed by atoms with E-state index in [9.17, 15) is 0 Å². The molecule has 1 aliphatic rings. The molecule has 1 aliphatic carbocycles. The minimum absolute atomic E-state index is 0.782. The Morgan fingerprint density at radius 3 is 1.29 bits per heavy atom. The summed E-state index contributed by atoms with van der Waals surface area (Å²) in [5, 5.41) is 0. The van der Waals surface area contributed by atoms with Crippen molar-refractivity contribution in [2.24, 2.45) is 23.7 Å². The minimum Gasteiger partial charge on any atom is -0.0710 e. The standard InChI is InChI=1S/C14H26/c1-9-7-8-10(2)12(4)14(6)13(5)11(9)3/h9-12H,7-8H2,1-6H3. The van der Waals surface area contributed by atoms with Crippen molar-refractivity contribution in [2.45, 2.75) is 54.4 Å². The van der Waals surface area contributed by atoms with Crippen molar-refractivity contribution in [1.82, 2.24) is 0 Å². The van der Waals surface area contributed by atoms with Gasteiger partial charge in [0, 0.05) is 0 Å². The van der Waals surface area contributed by atoms with Crippen LogP contribution >= 0.6 is 0 Å². The molecule has 0 spiro atoms. The van der Waals surface area contributed by atoms with Gasteiger partial charge in [-0.3, -0.25) is 0 Å². The van der Waals surface area contributed by atoms with Crippen LogP contribution < -0.4 is 0 Å². The Balaban J connectivity index is 2.97. The van der Waals surface area contributed by atoms with Gasteiger partial charge in [-0.15, -0.1) is 0 Å². The summed E-state index contributed by atoms with van der Waals surface area (Å²) in [4.78, 5) is 0. The summed E-state index contributed by atoms with van der Waals surface area (Å²) < 4.78 is 0. The zero-order valence-electron chi connectivity index (χ0n) is 10.7. The van der Waals surface area contributed by atoms with Crippen molar-refractivity contribution in [3.63, 3.8) is 0 Å². The van der Waals surface area contributed by atoms with Gasteiger partial charge < -0.3 is 0 Å². The average molecular weight is 194 g/mol. The molecule has 0 saturated heterocycles. The van der Waals surface area contributed by atoms with Gasteiger partial charge in [-0.1, -0.05) is 38.8 Å². The van der Waals surface area contributed by atoms with Gasteiger partial charge in [0.15, 0.2) is 0 Å². The molecular weight excluding hydrogens is 168 g/mol. The zero-order valence-corrected chi connectivity index (χ0v) is 10.7. The number of hydrogen-bond donors (Lipinski definition) is 0. The smallest absolute Gasteiger partial charge is 0.0206 e. The molecule has 0 aromatic carbocycles. The minimum atomic E-state index is 0.782. The van der Waals surface area contributed by atoms with Gasteiger partial charge in [0.25, 0.3) is 0 Å². The number of allylic oxidation sites excluding steroid dienone is 2. The Bertz CT molecular complexity index is 200. The monoisotopic (exact) mass is 194 g/mol. The lowest BCUT2D eigenvalue weighted by Gasteiger charge is -2.32. The largest absolute Gasteiger partial charge is 0.0710 e. The maximum atomic E-state index is 2.41. The summed E-state index contributed by atoms with van der Waals surface area (Å²) in [5.74, 6) is 3.29. The lowest BCUT2D eigenvalue weighted by atomic mass is 9.74. The van der Waals surface area contributed by atoms with E-state index in [-0.39, 0.29) is 0 Å². The quantitative estimate of drug-likeness (QED) is 0.492. The Labute approximate surface area is 89.8 Å². The van der Waals surface area contributed by atoms with Crippen LogP contribution in [-0.4, -0.2) is 0 Å². The molecule has 4 atom stereocenters. The molecule has 0 bridgehead atoms. The van der Waals surface area contributed by atoms with Crippen LogP contribution in [0.3, 0.4) is 0 Å².